The van der Waals surface area contributed by atoms with Crippen LogP contribution in [0, 0.1) is 0 Å². The van der Waals surface area contributed by atoms with Crippen molar-refractivity contribution in [3.05, 3.63) is 29.3 Å². The molecule has 0 aliphatic carbocycles. The van der Waals surface area contributed by atoms with Crippen molar-refractivity contribution < 1.29 is 15.0 Å². The predicted molar refractivity (Wildman–Crippen MR) is 70.7 cm³/mol. The predicted octanol–water partition coefficient (Wildman–Crippen LogP) is 0.611. The molecule has 0 spiro atoms. The Morgan fingerprint density at radius 3 is 2.61 bits per heavy atom. The van der Waals surface area contributed by atoms with Crippen molar-refractivity contribution in [1.82, 2.24) is 5.32 Å². The Kier molecular flexibility index (Phi) is 5.55. The van der Waals surface area contributed by atoms with Crippen LogP contribution in [0.2, 0.25) is 5.02 Å². The summed E-state index contributed by atoms with van der Waals surface area (Å²) in [5.41, 5.74) is -0.268. The standard InChI is InChI=1S/C12H17ClN2O3/c1-12(7-16,8-17)14-6-11(18)15-10-4-2-3-9(13)5-10/h2-5,14,16-17H,6-8H2,1H3,(H,15,18). The van der Waals surface area contributed by atoms with Crippen LogP contribution in [0.25, 0.3) is 0 Å². The Labute approximate surface area is 111 Å². The fourth-order valence-corrected chi connectivity index (χ4v) is 1.42. The van der Waals surface area contributed by atoms with Crippen LogP contribution in [-0.4, -0.2) is 41.4 Å². The number of hydrogen-bond acceptors (Lipinski definition) is 4. The second-order valence-corrected chi connectivity index (χ2v) is 4.73. The third kappa shape index (κ3) is 4.62. The Bertz CT molecular complexity index is 408. The lowest BCUT2D eigenvalue weighted by Crippen LogP contribution is -2.51. The van der Waals surface area contributed by atoms with E-state index in [1.807, 2.05) is 0 Å². The largest absolute Gasteiger partial charge is 0.394 e. The number of anilines is 1. The molecule has 0 atom stereocenters. The van der Waals surface area contributed by atoms with E-state index in [-0.39, 0.29) is 25.7 Å². The molecule has 1 rings (SSSR count). The molecule has 0 aliphatic rings. The van der Waals surface area contributed by atoms with Crippen LogP contribution < -0.4 is 10.6 Å². The van der Waals surface area contributed by atoms with Crippen LogP contribution in [0.4, 0.5) is 5.69 Å². The van der Waals surface area contributed by atoms with Crippen molar-refractivity contribution in [2.75, 3.05) is 25.1 Å². The highest BCUT2D eigenvalue weighted by atomic mass is 35.5. The lowest BCUT2D eigenvalue weighted by molar-refractivity contribution is -0.115. The van der Waals surface area contributed by atoms with Gasteiger partial charge in [-0.2, -0.15) is 0 Å². The number of carbonyl (C=O) groups excluding carboxylic acids is 1. The molecule has 1 amide bonds. The molecule has 0 aliphatic heterocycles. The van der Waals surface area contributed by atoms with Crippen LogP contribution in [0.15, 0.2) is 24.3 Å². The zero-order valence-corrected chi connectivity index (χ0v) is 10.9. The number of nitrogens with one attached hydrogen (secondary N) is 2. The molecule has 0 unspecified atom stereocenters. The van der Waals surface area contributed by atoms with Crippen molar-refractivity contribution in [1.29, 1.82) is 0 Å². The van der Waals surface area contributed by atoms with Gasteiger partial charge < -0.3 is 15.5 Å². The zero-order valence-electron chi connectivity index (χ0n) is 10.1. The fraction of sp³-hybridized carbons (Fsp3) is 0.417. The summed E-state index contributed by atoms with van der Waals surface area (Å²) < 4.78 is 0. The normalized spacial score (nSPS) is 11.3. The molecule has 1 aromatic carbocycles. The highest BCUT2D eigenvalue weighted by Gasteiger charge is 2.22. The number of carbonyl (C=O) groups is 1. The number of aliphatic hydroxyl groups is 2. The first-order valence-corrected chi connectivity index (χ1v) is 5.89. The molecule has 4 N–H and O–H groups in total. The van der Waals surface area contributed by atoms with Crippen LogP contribution in [-0.2, 0) is 4.79 Å². The third-order valence-corrected chi connectivity index (χ3v) is 2.72. The molecule has 1 aromatic rings. The number of halogens is 1. The summed E-state index contributed by atoms with van der Waals surface area (Å²) in [7, 11) is 0. The van der Waals surface area contributed by atoms with Crippen molar-refractivity contribution in [3.63, 3.8) is 0 Å². The van der Waals surface area contributed by atoms with Crippen LogP contribution in [0.5, 0.6) is 0 Å². The van der Waals surface area contributed by atoms with Gasteiger partial charge in [0.2, 0.25) is 5.91 Å². The van der Waals surface area contributed by atoms with Gasteiger partial charge in [-0.15, -0.1) is 0 Å². The topological polar surface area (TPSA) is 81.6 Å². The average Bonchev–Trinajstić information content (AvgIpc) is 2.36. The van der Waals surface area contributed by atoms with Crippen molar-refractivity contribution in [2.24, 2.45) is 0 Å². The maximum atomic E-state index is 11.6. The summed E-state index contributed by atoms with van der Waals surface area (Å²) in [4.78, 5) is 11.6. The number of amides is 1. The zero-order chi connectivity index (χ0) is 13.6. The first-order valence-electron chi connectivity index (χ1n) is 5.51. The van der Waals surface area contributed by atoms with E-state index >= 15 is 0 Å². The number of rotatable bonds is 6. The molecule has 0 radical (unpaired) electrons. The molecule has 0 heterocycles. The molecule has 0 saturated heterocycles. The summed E-state index contributed by atoms with van der Waals surface area (Å²) in [5, 5.41) is 24.1. The van der Waals surface area contributed by atoms with E-state index in [1.165, 1.54) is 0 Å². The van der Waals surface area contributed by atoms with E-state index in [0.29, 0.717) is 10.7 Å². The summed E-state index contributed by atoms with van der Waals surface area (Å²) in [6, 6.07) is 6.80. The Balaban J connectivity index is 2.47. The van der Waals surface area contributed by atoms with Gasteiger partial charge in [0, 0.05) is 10.7 Å². The molecule has 100 valence electrons. The quantitative estimate of drug-likeness (QED) is 0.612. The van der Waals surface area contributed by atoms with E-state index in [9.17, 15) is 4.79 Å². The van der Waals surface area contributed by atoms with Gasteiger partial charge in [0.1, 0.15) is 0 Å². The highest BCUT2D eigenvalue weighted by molar-refractivity contribution is 6.30. The molecular weight excluding hydrogens is 256 g/mol. The minimum absolute atomic E-state index is 0.00979. The SMILES string of the molecule is CC(CO)(CO)NCC(=O)Nc1cccc(Cl)c1. The van der Waals surface area contributed by atoms with E-state index in [1.54, 1.807) is 31.2 Å². The minimum atomic E-state index is -0.869. The Morgan fingerprint density at radius 1 is 1.39 bits per heavy atom. The number of hydrogen-bond donors (Lipinski definition) is 4. The van der Waals surface area contributed by atoms with Crippen LogP contribution >= 0.6 is 11.6 Å². The second-order valence-electron chi connectivity index (χ2n) is 4.29. The van der Waals surface area contributed by atoms with Gasteiger partial charge in [0.15, 0.2) is 0 Å². The average molecular weight is 273 g/mol. The lowest BCUT2D eigenvalue weighted by Gasteiger charge is -2.25. The molecule has 18 heavy (non-hydrogen) atoms. The molecule has 0 fully saturated rings. The molecular formula is C12H17ClN2O3. The lowest BCUT2D eigenvalue weighted by atomic mass is 10.1. The summed E-state index contributed by atoms with van der Waals surface area (Å²) in [6.07, 6.45) is 0. The van der Waals surface area contributed by atoms with Gasteiger partial charge in [-0.3, -0.25) is 10.1 Å². The van der Waals surface area contributed by atoms with Gasteiger partial charge in [-0.05, 0) is 25.1 Å². The van der Waals surface area contributed by atoms with E-state index < -0.39 is 5.54 Å². The van der Waals surface area contributed by atoms with Gasteiger partial charge in [0.05, 0.1) is 25.3 Å². The van der Waals surface area contributed by atoms with Crippen molar-refractivity contribution in [3.8, 4) is 0 Å². The van der Waals surface area contributed by atoms with Gasteiger partial charge >= 0.3 is 0 Å². The molecule has 6 heteroatoms. The van der Waals surface area contributed by atoms with Gasteiger partial charge in [-0.1, -0.05) is 17.7 Å². The Hall–Kier alpha value is -1.14. The molecule has 0 aromatic heterocycles. The molecule has 5 nitrogen and oxygen atoms in total. The van der Waals surface area contributed by atoms with Gasteiger partial charge in [0.25, 0.3) is 0 Å². The third-order valence-electron chi connectivity index (χ3n) is 2.48. The number of benzene rings is 1. The maximum absolute atomic E-state index is 11.6. The summed E-state index contributed by atoms with van der Waals surface area (Å²) >= 11 is 5.79. The first-order chi connectivity index (χ1) is 8.49. The number of aliphatic hydroxyl groups excluding tert-OH is 2. The first kappa shape index (κ1) is 14.9. The maximum Gasteiger partial charge on any atom is 0.238 e. The fourth-order valence-electron chi connectivity index (χ4n) is 1.23. The van der Waals surface area contributed by atoms with Crippen LogP contribution in [0.1, 0.15) is 6.92 Å². The van der Waals surface area contributed by atoms with E-state index in [0.717, 1.165) is 0 Å². The van der Waals surface area contributed by atoms with Crippen molar-refractivity contribution in [2.45, 2.75) is 12.5 Å². The van der Waals surface area contributed by atoms with E-state index in [4.69, 9.17) is 21.8 Å². The van der Waals surface area contributed by atoms with Crippen molar-refractivity contribution >= 4 is 23.2 Å². The summed E-state index contributed by atoms with van der Waals surface area (Å²) in [5.74, 6) is -0.273. The molecule has 0 saturated carbocycles. The van der Waals surface area contributed by atoms with Crippen LogP contribution in [0.3, 0.4) is 0 Å². The Morgan fingerprint density at radius 2 is 2.06 bits per heavy atom. The summed E-state index contributed by atoms with van der Waals surface area (Å²) in [6.45, 7) is 1.10. The van der Waals surface area contributed by atoms with Gasteiger partial charge in [-0.25, -0.2) is 0 Å². The molecule has 0 bridgehead atoms. The minimum Gasteiger partial charge on any atom is -0.394 e. The highest BCUT2D eigenvalue weighted by Crippen LogP contribution is 2.14. The monoisotopic (exact) mass is 272 g/mol. The smallest absolute Gasteiger partial charge is 0.238 e. The van der Waals surface area contributed by atoms with E-state index in [2.05, 4.69) is 10.6 Å². The second kappa shape index (κ2) is 6.70.